The third kappa shape index (κ3) is 2.45. The molecule has 5 heteroatoms. The maximum Gasteiger partial charge on any atom is 0.147 e. The molecular weight excluding hydrogens is 226 g/mol. The maximum atomic E-state index is 9.19. The van der Waals surface area contributed by atoms with E-state index in [1.54, 1.807) is 0 Å². The molecule has 96 valence electrons. The van der Waals surface area contributed by atoms with Crippen LogP contribution in [0.15, 0.2) is 12.1 Å². The summed E-state index contributed by atoms with van der Waals surface area (Å²) in [7, 11) is 2.09. The van der Waals surface area contributed by atoms with E-state index in [1.807, 2.05) is 19.1 Å². The van der Waals surface area contributed by atoms with Crippen LogP contribution in [0.4, 0.5) is 5.82 Å². The highest BCUT2D eigenvalue weighted by atomic mass is 15.3. The van der Waals surface area contributed by atoms with E-state index in [2.05, 4.69) is 27.9 Å². The van der Waals surface area contributed by atoms with Crippen LogP contribution in [0.1, 0.15) is 11.3 Å². The Kier molecular flexibility index (Phi) is 3.80. The van der Waals surface area contributed by atoms with E-state index in [0.29, 0.717) is 12.1 Å². The Morgan fingerprint density at radius 2 is 2.28 bits per heavy atom. The van der Waals surface area contributed by atoms with Gasteiger partial charge in [-0.1, -0.05) is 0 Å². The first-order valence-corrected chi connectivity index (χ1v) is 6.18. The number of nitrogens with zero attached hydrogens (tertiary/aromatic N) is 4. The third-order valence-corrected chi connectivity index (χ3v) is 3.36. The Bertz CT molecular complexity index is 465. The van der Waals surface area contributed by atoms with E-state index in [-0.39, 0.29) is 6.04 Å². The van der Waals surface area contributed by atoms with Crippen LogP contribution in [-0.2, 0) is 0 Å². The maximum absolute atomic E-state index is 9.19. The molecule has 1 aliphatic heterocycles. The molecule has 1 aliphatic rings. The lowest BCUT2D eigenvalue weighted by Crippen LogP contribution is -2.55. The highest BCUT2D eigenvalue weighted by Crippen LogP contribution is 2.22. The van der Waals surface area contributed by atoms with Crippen LogP contribution in [0.5, 0.6) is 0 Å². The largest absolute Gasteiger partial charge is 0.349 e. The molecule has 0 aromatic carbocycles. The van der Waals surface area contributed by atoms with Crippen molar-refractivity contribution >= 4 is 5.82 Å². The van der Waals surface area contributed by atoms with E-state index in [0.717, 1.165) is 31.1 Å². The van der Waals surface area contributed by atoms with Crippen molar-refractivity contribution in [2.45, 2.75) is 13.0 Å². The smallest absolute Gasteiger partial charge is 0.147 e. The lowest BCUT2D eigenvalue weighted by Gasteiger charge is -2.40. The topological polar surface area (TPSA) is 69.2 Å². The lowest BCUT2D eigenvalue weighted by molar-refractivity contribution is 0.268. The molecule has 0 saturated carbocycles. The molecule has 2 heterocycles. The molecule has 1 saturated heterocycles. The number of anilines is 1. The molecule has 0 radical (unpaired) electrons. The van der Waals surface area contributed by atoms with E-state index < -0.39 is 0 Å². The summed E-state index contributed by atoms with van der Waals surface area (Å²) in [6.07, 6.45) is 0. The Morgan fingerprint density at radius 1 is 1.50 bits per heavy atom. The highest BCUT2D eigenvalue weighted by Gasteiger charge is 2.26. The van der Waals surface area contributed by atoms with Crippen LogP contribution >= 0.6 is 0 Å². The minimum absolute atomic E-state index is 0.227. The van der Waals surface area contributed by atoms with E-state index in [4.69, 9.17) is 5.73 Å². The summed E-state index contributed by atoms with van der Waals surface area (Å²) >= 11 is 0. The fourth-order valence-electron chi connectivity index (χ4n) is 2.34. The number of rotatable bonds is 2. The van der Waals surface area contributed by atoms with Gasteiger partial charge in [0.2, 0.25) is 0 Å². The fourth-order valence-corrected chi connectivity index (χ4v) is 2.34. The number of likely N-dealkylation sites (N-methyl/N-ethyl adjacent to an activating group) is 1. The molecule has 2 N–H and O–H groups in total. The fraction of sp³-hybridized carbons (Fsp3) is 0.538. The van der Waals surface area contributed by atoms with E-state index in [9.17, 15) is 5.26 Å². The Morgan fingerprint density at radius 3 is 2.94 bits per heavy atom. The van der Waals surface area contributed by atoms with Gasteiger partial charge in [-0.15, -0.1) is 0 Å². The van der Waals surface area contributed by atoms with Crippen LogP contribution < -0.4 is 10.6 Å². The second kappa shape index (κ2) is 5.34. The molecule has 0 amide bonds. The summed E-state index contributed by atoms with van der Waals surface area (Å²) in [6.45, 7) is 5.26. The molecule has 1 aromatic rings. The zero-order valence-corrected chi connectivity index (χ0v) is 10.9. The zero-order chi connectivity index (χ0) is 13.1. The number of nitrogens with two attached hydrogens (primary N) is 1. The summed E-state index contributed by atoms with van der Waals surface area (Å²) in [4.78, 5) is 8.95. The normalized spacial score (nSPS) is 20.8. The SMILES string of the molecule is Cc1ccc(C#N)c(N2CCN(C)CC2CN)n1. The van der Waals surface area contributed by atoms with Crippen LogP contribution in [0.2, 0.25) is 0 Å². The van der Waals surface area contributed by atoms with Gasteiger partial charge in [0.25, 0.3) is 0 Å². The summed E-state index contributed by atoms with van der Waals surface area (Å²) in [5, 5.41) is 9.19. The molecule has 1 atom stereocenters. The summed E-state index contributed by atoms with van der Waals surface area (Å²) in [5.41, 5.74) is 7.40. The molecule has 0 bridgehead atoms. The predicted molar refractivity (Wildman–Crippen MR) is 71.4 cm³/mol. The molecule has 1 aromatic heterocycles. The third-order valence-electron chi connectivity index (χ3n) is 3.36. The standard InChI is InChI=1S/C13H19N5/c1-10-3-4-11(7-14)13(16-10)18-6-5-17(2)9-12(18)8-15/h3-4,12H,5-6,8-9,15H2,1-2H3. The average Bonchev–Trinajstić information content (AvgIpc) is 2.38. The van der Waals surface area contributed by atoms with Crippen LogP contribution in [0.3, 0.4) is 0 Å². The second-order valence-electron chi connectivity index (χ2n) is 4.78. The minimum atomic E-state index is 0.227. The first-order chi connectivity index (χ1) is 8.65. The van der Waals surface area contributed by atoms with Gasteiger partial charge in [0.15, 0.2) is 0 Å². The minimum Gasteiger partial charge on any atom is -0.349 e. The van der Waals surface area contributed by atoms with Gasteiger partial charge >= 0.3 is 0 Å². The molecule has 18 heavy (non-hydrogen) atoms. The Labute approximate surface area is 108 Å². The number of piperazine rings is 1. The van der Waals surface area contributed by atoms with Crippen molar-refractivity contribution in [3.05, 3.63) is 23.4 Å². The highest BCUT2D eigenvalue weighted by molar-refractivity contribution is 5.55. The number of aromatic nitrogens is 1. The second-order valence-corrected chi connectivity index (χ2v) is 4.78. The zero-order valence-electron chi connectivity index (χ0n) is 10.9. The number of aryl methyl sites for hydroxylation is 1. The van der Waals surface area contributed by atoms with Crippen LogP contribution in [-0.4, -0.2) is 49.2 Å². The molecule has 0 spiro atoms. The Balaban J connectivity index is 2.35. The summed E-state index contributed by atoms with van der Waals surface area (Å²) < 4.78 is 0. The molecule has 5 nitrogen and oxygen atoms in total. The van der Waals surface area contributed by atoms with Crippen LogP contribution in [0.25, 0.3) is 0 Å². The van der Waals surface area contributed by atoms with E-state index >= 15 is 0 Å². The number of hydrogen-bond donors (Lipinski definition) is 1. The summed E-state index contributed by atoms with van der Waals surface area (Å²) in [6, 6.07) is 6.15. The van der Waals surface area contributed by atoms with E-state index in [1.165, 1.54) is 0 Å². The lowest BCUT2D eigenvalue weighted by atomic mass is 10.1. The van der Waals surface area contributed by atoms with Crippen molar-refractivity contribution in [2.75, 3.05) is 38.1 Å². The van der Waals surface area contributed by atoms with Gasteiger partial charge in [0.1, 0.15) is 11.9 Å². The van der Waals surface area contributed by atoms with Gasteiger partial charge in [-0.2, -0.15) is 5.26 Å². The average molecular weight is 245 g/mol. The monoisotopic (exact) mass is 245 g/mol. The summed E-state index contributed by atoms with van der Waals surface area (Å²) in [5.74, 6) is 0.779. The van der Waals surface area contributed by atoms with Crippen molar-refractivity contribution in [1.29, 1.82) is 5.26 Å². The number of hydrogen-bond acceptors (Lipinski definition) is 5. The Hall–Kier alpha value is -1.64. The van der Waals surface area contributed by atoms with Crippen molar-refractivity contribution in [1.82, 2.24) is 9.88 Å². The quantitative estimate of drug-likeness (QED) is 0.813. The van der Waals surface area contributed by atoms with Crippen molar-refractivity contribution < 1.29 is 0 Å². The van der Waals surface area contributed by atoms with Crippen molar-refractivity contribution in [3.63, 3.8) is 0 Å². The molecule has 1 unspecified atom stereocenters. The molecule has 1 fully saturated rings. The van der Waals surface area contributed by atoms with Gasteiger partial charge in [-0.05, 0) is 26.1 Å². The molecule has 2 rings (SSSR count). The van der Waals surface area contributed by atoms with Gasteiger partial charge in [0.05, 0.1) is 11.6 Å². The molecule has 0 aliphatic carbocycles. The van der Waals surface area contributed by atoms with Crippen LogP contribution in [0, 0.1) is 18.3 Å². The molecular formula is C13H19N5. The number of nitriles is 1. The first kappa shape index (κ1) is 12.8. The number of pyridine rings is 1. The van der Waals surface area contributed by atoms with Gasteiger partial charge < -0.3 is 15.5 Å². The predicted octanol–water partition coefficient (Wildman–Crippen LogP) is 0.341. The first-order valence-electron chi connectivity index (χ1n) is 6.18. The van der Waals surface area contributed by atoms with Crippen molar-refractivity contribution in [3.8, 4) is 6.07 Å². The van der Waals surface area contributed by atoms with Gasteiger partial charge in [-0.25, -0.2) is 4.98 Å². The van der Waals surface area contributed by atoms with Crippen molar-refractivity contribution in [2.24, 2.45) is 5.73 Å². The van der Waals surface area contributed by atoms with Gasteiger partial charge in [0, 0.05) is 31.9 Å². The van der Waals surface area contributed by atoms with Gasteiger partial charge in [-0.3, -0.25) is 0 Å².